The molecule has 6 nitrogen and oxygen atoms in total. The number of fused-ring (bicyclic) bond motifs is 1. The third-order valence-corrected chi connectivity index (χ3v) is 6.77. The lowest BCUT2D eigenvalue weighted by Gasteiger charge is -2.14. The molecule has 0 spiro atoms. The largest absolute Gasteiger partial charge is 0.361 e. The Morgan fingerprint density at radius 1 is 1.22 bits per heavy atom. The van der Waals surface area contributed by atoms with Crippen molar-refractivity contribution in [3.05, 3.63) is 69.6 Å². The Labute approximate surface area is 191 Å². The molecule has 0 amide bonds. The summed E-state index contributed by atoms with van der Waals surface area (Å²) in [7, 11) is 0. The molecule has 3 aromatic heterocycles. The van der Waals surface area contributed by atoms with Crippen LogP contribution in [0.1, 0.15) is 40.2 Å². The van der Waals surface area contributed by atoms with Gasteiger partial charge in [-0.1, -0.05) is 0 Å². The number of nitrogens with zero attached hydrogens (tertiary/aromatic N) is 4. The van der Waals surface area contributed by atoms with Crippen LogP contribution in [0.25, 0.3) is 23.1 Å². The Balaban J connectivity index is 1.41. The fraction of sp³-hybridized carbons (Fsp3) is 0.240. The van der Waals surface area contributed by atoms with Gasteiger partial charge in [0.1, 0.15) is 11.1 Å². The number of benzene rings is 1. The molecule has 32 heavy (non-hydrogen) atoms. The Kier molecular flexibility index (Phi) is 5.71. The van der Waals surface area contributed by atoms with Crippen LogP contribution in [0.5, 0.6) is 0 Å². The summed E-state index contributed by atoms with van der Waals surface area (Å²) in [6.07, 6.45) is 11.9. The second-order valence-corrected chi connectivity index (χ2v) is 8.99. The van der Waals surface area contributed by atoms with Gasteiger partial charge < -0.3 is 10.3 Å². The molecular weight excluding hydrogens is 416 g/mol. The monoisotopic (exact) mass is 440 g/mol. The number of hydrogen-bond donors (Lipinski definition) is 2. The first-order valence-corrected chi connectivity index (χ1v) is 11.7. The second-order valence-electron chi connectivity index (χ2n) is 8.05. The number of rotatable bonds is 6. The molecule has 5 rings (SSSR count). The van der Waals surface area contributed by atoms with E-state index in [1.54, 1.807) is 23.7 Å². The van der Waals surface area contributed by atoms with Crippen molar-refractivity contribution in [2.45, 2.75) is 26.3 Å². The maximum absolute atomic E-state index is 9.68. The van der Waals surface area contributed by atoms with Crippen molar-refractivity contribution in [2.75, 3.05) is 18.4 Å². The van der Waals surface area contributed by atoms with E-state index >= 15 is 0 Å². The summed E-state index contributed by atoms with van der Waals surface area (Å²) < 4.78 is 0. The summed E-state index contributed by atoms with van der Waals surface area (Å²) in [6, 6.07) is 8.41. The molecule has 0 atom stereocenters. The van der Waals surface area contributed by atoms with Gasteiger partial charge in [-0.3, -0.25) is 9.88 Å². The zero-order valence-corrected chi connectivity index (χ0v) is 18.7. The first kappa shape index (κ1) is 20.4. The topological polar surface area (TPSA) is 80.6 Å². The van der Waals surface area contributed by atoms with Crippen LogP contribution in [-0.4, -0.2) is 32.9 Å². The van der Waals surface area contributed by atoms with Crippen LogP contribution in [-0.2, 0) is 6.54 Å². The maximum atomic E-state index is 9.68. The first-order valence-electron chi connectivity index (χ1n) is 10.8. The van der Waals surface area contributed by atoms with Gasteiger partial charge in [0.25, 0.3) is 0 Å². The van der Waals surface area contributed by atoms with Crippen molar-refractivity contribution in [2.24, 2.45) is 0 Å². The van der Waals surface area contributed by atoms with Crippen molar-refractivity contribution in [3.63, 3.8) is 0 Å². The molecule has 160 valence electrons. The standard InChI is InChI=1S/C25H24N6S/c1-17-21-8-9-28-23(21)7-6-22(17)30-25-18(13-27-14-19(25)12-26)4-5-20-16-32-24(29-20)15-31-10-2-3-11-31/h4-9,13-14,16,28H,2-3,10-11,15H2,1H3,(H,27,30)/b5-4+. The Morgan fingerprint density at radius 2 is 2.09 bits per heavy atom. The predicted octanol–water partition coefficient (Wildman–Crippen LogP) is 5.71. The normalized spacial score (nSPS) is 14.4. The quantitative estimate of drug-likeness (QED) is 0.401. The number of pyridine rings is 1. The maximum Gasteiger partial charge on any atom is 0.107 e. The van der Waals surface area contributed by atoms with Crippen molar-refractivity contribution < 1.29 is 0 Å². The summed E-state index contributed by atoms with van der Waals surface area (Å²) in [6.45, 7) is 5.34. The Morgan fingerprint density at radius 3 is 2.94 bits per heavy atom. The average Bonchev–Trinajstić information content (AvgIpc) is 3.57. The highest BCUT2D eigenvalue weighted by Gasteiger charge is 2.14. The van der Waals surface area contributed by atoms with E-state index in [1.165, 1.54) is 25.9 Å². The number of likely N-dealkylation sites (tertiary alicyclic amines) is 1. The van der Waals surface area contributed by atoms with Crippen molar-refractivity contribution in [1.82, 2.24) is 19.9 Å². The number of thiazole rings is 1. The van der Waals surface area contributed by atoms with E-state index in [9.17, 15) is 5.26 Å². The van der Waals surface area contributed by atoms with Crippen LogP contribution < -0.4 is 5.32 Å². The lowest BCUT2D eigenvalue weighted by molar-refractivity contribution is 0.331. The molecule has 1 aromatic carbocycles. The second kappa shape index (κ2) is 8.95. The molecule has 0 saturated carbocycles. The molecule has 0 bridgehead atoms. The number of H-pyrrole nitrogens is 1. The molecule has 1 aliphatic rings. The highest BCUT2D eigenvalue weighted by atomic mass is 32.1. The summed E-state index contributed by atoms with van der Waals surface area (Å²) >= 11 is 1.70. The zero-order chi connectivity index (χ0) is 21.9. The van der Waals surface area contributed by atoms with Gasteiger partial charge in [-0.2, -0.15) is 5.26 Å². The van der Waals surface area contributed by atoms with Crippen molar-refractivity contribution in [3.8, 4) is 6.07 Å². The predicted molar refractivity (Wildman–Crippen MR) is 131 cm³/mol. The Bertz CT molecular complexity index is 1320. The van der Waals surface area contributed by atoms with Gasteiger partial charge in [-0.15, -0.1) is 11.3 Å². The fourth-order valence-corrected chi connectivity index (χ4v) is 4.97. The van der Waals surface area contributed by atoms with Crippen LogP contribution >= 0.6 is 11.3 Å². The molecule has 1 fully saturated rings. The molecular formula is C25H24N6S. The van der Waals surface area contributed by atoms with Gasteiger partial charge in [0.15, 0.2) is 0 Å². The van der Waals surface area contributed by atoms with Crippen molar-refractivity contribution >= 4 is 45.8 Å². The van der Waals surface area contributed by atoms with E-state index in [0.717, 1.165) is 50.7 Å². The number of nitriles is 1. The number of aromatic nitrogens is 3. The van der Waals surface area contributed by atoms with E-state index in [4.69, 9.17) is 4.98 Å². The van der Waals surface area contributed by atoms with E-state index < -0.39 is 0 Å². The van der Waals surface area contributed by atoms with Gasteiger partial charge in [0.05, 0.1) is 23.5 Å². The number of aromatic amines is 1. The lowest BCUT2D eigenvalue weighted by atomic mass is 10.1. The van der Waals surface area contributed by atoms with E-state index in [0.29, 0.717) is 5.56 Å². The first-order chi connectivity index (χ1) is 15.7. The summed E-state index contributed by atoms with van der Waals surface area (Å²) in [4.78, 5) is 14.7. The van der Waals surface area contributed by atoms with Gasteiger partial charge in [-0.25, -0.2) is 4.98 Å². The van der Waals surface area contributed by atoms with Gasteiger partial charge in [0.2, 0.25) is 0 Å². The SMILES string of the molecule is Cc1c(Nc2c(C#N)cncc2/C=C/c2csc(CN3CCCC3)n2)ccc2[nH]ccc12. The fourth-order valence-electron chi connectivity index (χ4n) is 4.16. The van der Waals surface area contributed by atoms with E-state index in [1.807, 2.05) is 30.5 Å². The summed E-state index contributed by atoms with van der Waals surface area (Å²) in [5.41, 5.74) is 6.24. The van der Waals surface area contributed by atoms with Crippen LogP contribution in [0.2, 0.25) is 0 Å². The highest BCUT2D eigenvalue weighted by molar-refractivity contribution is 7.09. The minimum absolute atomic E-state index is 0.508. The molecule has 1 saturated heterocycles. The summed E-state index contributed by atoms with van der Waals surface area (Å²) in [5.74, 6) is 0. The van der Waals surface area contributed by atoms with Crippen LogP contribution in [0.4, 0.5) is 11.4 Å². The number of hydrogen-bond acceptors (Lipinski definition) is 6. The van der Waals surface area contributed by atoms with Crippen LogP contribution in [0.15, 0.2) is 42.2 Å². The van der Waals surface area contributed by atoms with Gasteiger partial charge >= 0.3 is 0 Å². The van der Waals surface area contributed by atoms with Gasteiger partial charge in [-0.05, 0) is 68.8 Å². The van der Waals surface area contributed by atoms with Gasteiger partial charge in [0, 0.05) is 46.1 Å². The third-order valence-electron chi connectivity index (χ3n) is 5.92. The summed E-state index contributed by atoms with van der Waals surface area (Å²) in [5, 5.41) is 17.5. The molecule has 4 heterocycles. The minimum atomic E-state index is 0.508. The average molecular weight is 441 g/mol. The zero-order valence-electron chi connectivity index (χ0n) is 17.9. The highest BCUT2D eigenvalue weighted by Crippen LogP contribution is 2.31. The van der Waals surface area contributed by atoms with Crippen molar-refractivity contribution in [1.29, 1.82) is 5.26 Å². The molecule has 2 N–H and O–H groups in total. The molecule has 7 heteroatoms. The van der Waals surface area contributed by atoms with E-state index in [2.05, 4.69) is 44.6 Å². The molecule has 0 radical (unpaired) electrons. The van der Waals surface area contributed by atoms with E-state index in [-0.39, 0.29) is 0 Å². The number of aryl methyl sites for hydroxylation is 1. The molecule has 0 unspecified atom stereocenters. The molecule has 4 aromatic rings. The van der Waals surface area contributed by atoms with Crippen LogP contribution in [0, 0.1) is 18.3 Å². The Hall–Kier alpha value is -3.47. The van der Waals surface area contributed by atoms with Crippen LogP contribution in [0.3, 0.4) is 0 Å². The lowest BCUT2D eigenvalue weighted by Crippen LogP contribution is -2.18. The third kappa shape index (κ3) is 4.15. The minimum Gasteiger partial charge on any atom is -0.361 e. The number of anilines is 2. The smallest absolute Gasteiger partial charge is 0.107 e. The number of nitrogens with one attached hydrogen (secondary N) is 2. The molecule has 1 aliphatic heterocycles. The molecule has 0 aliphatic carbocycles.